The minimum atomic E-state index is -0.625. The van der Waals surface area contributed by atoms with Crippen molar-refractivity contribution in [2.75, 3.05) is 34.2 Å². The number of methoxy groups -OCH3 is 2. The maximum Gasteiger partial charge on any atom is 0.316 e. The highest BCUT2D eigenvalue weighted by Crippen LogP contribution is 2.59. The van der Waals surface area contributed by atoms with Gasteiger partial charge in [-0.25, -0.2) is 0 Å². The van der Waals surface area contributed by atoms with E-state index in [2.05, 4.69) is 32.9 Å². The summed E-state index contributed by atoms with van der Waals surface area (Å²) in [4.78, 5) is 12.8. The Morgan fingerprint density at radius 2 is 2.04 bits per heavy atom. The number of hydrogen-bond acceptors (Lipinski definition) is 5. The van der Waals surface area contributed by atoms with Gasteiger partial charge < -0.3 is 18.9 Å². The van der Waals surface area contributed by atoms with Crippen molar-refractivity contribution in [3.05, 3.63) is 23.3 Å². The fraction of sp³-hybridized carbons (Fsp3) is 0.750. The maximum atomic E-state index is 12.8. The second-order valence-corrected chi connectivity index (χ2v) is 7.68. The van der Waals surface area contributed by atoms with Gasteiger partial charge in [0, 0.05) is 18.4 Å². The molecule has 0 heterocycles. The third-order valence-electron chi connectivity index (χ3n) is 5.76. The van der Waals surface area contributed by atoms with E-state index < -0.39 is 5.41 Å². The average Bonchev–Trinajstić information content (AvgIpc) is 2.58. The molecule has 0 aromatic heterocycles. The van der Waals surface area contributed by atoms with E-state index >= 15 is 0 Å². The van der Waals surface area contributed by atoms with E-state index in [4.69, 9.17) is 18.9 Å². The molecule has 5 heteroatoms. The first kappa shape index (κ1) is 20.1. The van der Waals surface area contributed by atoms with E-state index in [1.54, 1.807) is 7.11 Å². The lowest BCUT2D eigenvalue weighted by atomic mass is 9.51. The molecule has 1 saturated carbocycles. The molecule has 0 unspecified atom stereocenters. The van der Waals surface area contributed by atoms with E-state index in [0.29, 0.717) is 26.1 Å². The highest BCUT2D eigenvalue weighted by molar-refractivity contribution is 5.82. The summed E-state index contributed by atoms with van der Waals surface area (Å²) in [6, 6.07) is 0. The fourth-order valence-electron chi connectivity index (χ4n) is 4.42. The van der Waals surface area contributed by atoms with Crippen LogP contribution in [0.5, 0.6) is 0 Å². The van der Waals surface area contributed by atoms with E-state index in [1.807, 2.05) is 6.92 Å². The Morgan fingerprint density at radius 3 is 2.64 bits per heavy atom. The summed E-state index contributed by atoms with van der Waals surface area (Å²) in [7, 11) is 3.11. The smallest absolute Gasteiger partial charge is 0.316 e. The molecular formula is C20H32O5. The van der Waals surface area contributed by atoms with Gasteiger partial charge in [-0.2, -0.15) is 0 Å². The molecule has 0 radical (unpaired) electrons. The van der Waals surface area contributed by atoms with Crippen molar-refractivity contribution in [3.8, 4) is 0 Å². The van der Waals surface area contributed by atoms with Crippen molar-refractivity contribution >= 4 is 5.97 Å². The number of ether oxygens (including phenoxy) is 4. The number of hydrogen-bond donors (Lipinski definition) is 0. The Balaban J connectivity index is 2.29. The second-order valence-electron chi connectivity index (χ2n) is 7.68. The van der Waals surface area contributed by atoms with Gasteiger partial charge >= 0.3 is 5.97 Å². The summed E-state index contributed by atoms with van der Waals surface area (Å²) >= 11 is 0. The van der Waals surface area contributed by atoms with Crippen LogP contribution in [0.1, 0.15) is 40.5 Å². The zero-order valence-corrected chi connectivity index (χ0v) is 16.4. The third kappa shape index (κ3) is 3.69. The molecule has 5 nitrogen and oxygen atoms in total. The number of fused-ring (bicyclic) bond motifs is 2. The topological polar surface area (TPSA) is 54.0 Å². The third-order valence-corrected chi connectivity index (χ3v) is 5.76. The molecule has 0 amide bonds. The minimum absolute atomic E-state index is 0.0906. The minimum Gasteiger partial charge on any atom is -0.468 e. The van der Waals surface area contributed by atoms with E-state index in [0.717, 1.165) is 5.57 Å². The van der Waals surface area contributed by atoms with Gasteiger partial charge in [-0.3, -0.25) is 4.79 Å². The Kier molecular flexibility index (Phi) is 6.46. The van der Waals surface area contributed by atoms with Crippen LogP contribution in [-0.4, -0.2) is 46.3 Å². The van der Waals surface area contributed by atoms with Crippen LogP contribution in [-0.2, 0) is 23.7 Å². The lowest BCUT2D eigenvalue weighted by Gasteiger charge is -2.55. The molecule has 2 aliphatic carbocycles. The summed E-state index contributed by atoms with van der Waals surface area (Å²) in [6.45, 7) is 9.76. The molecule has 2 bridgehead atoms. The molecule has 0 N–H and O–H groups in total. The van der Waals surface area contributed by atoms with Gasteiger partial charge in [0.1, 0.15) is 6.79 Å². The molecule has 0 saturated heterocycles. The van der Waals surface area contributed by atoms with Gasteiger partial charge in [-0.1, -0.05) is 31.6 Å². The number of esters is 1. The molecule has 2 rings (SSSR count). The Hall–Kier alpha value is -1.17. The van der Waals surface area contributed by atoms with Crippen LogP contribution in [0, 0.1) is 16.7 Å². The number of carbonyl (C=O) groups excluding carboxylic acids is 1. The first-order valence-electron chi connectivity index (χ1n) is 8.94. The Bertz CT molecular complexity index is 548. The van der Waals surface area contributed by atoms with Crippen LogP contribution < -0.4 is 0 Å². The predicted molar refractivity (Wildman–Crippen MR) is 96.0 cm³/mol. The standard InChI is InChI=1S/C20H32O5/c1-7-15-16-10-14(2)11-20(15,18(21)23-6)12-17(19(16,3)4)25-13-24-9-8-22-5/h7,10,16-17H,8-9,11-13H2,1-6H3/b15-7+/t16-,17-,20+/m1/s1. The first-order valence-corrected chi connectivity index (χ1v) is 8.94. The lowest BCUT2D eigenvalue weighted by Crippen LogP contribution is -2.55. The zero-order valence-electron chi connectivity index (χ0n) is 16.4. The highest BCUT2D eigenvalue weighted by atomic mass is 16.7. The fourth-order valence-corrected chi connectivity index (χ4v) is 4.42. The van der Waals surface area contributed by atoms with Crippen LogP contribution in [0.3, 0.4) is 0 Å². The molecular weight excluding hydrogens is 320 g/mol. The summed E-state index contributed by atoms with van der Waals surface area (Å²) in [5.74, 6) is -0.00877. The first-order chi connectivity index (χ1) is 11.8. The normalized spacial score (nSPS) is 32.4. The Morgan fingerprint density at radius 1 is 1.32 bits per heavy atom. The molecule has 0 aromatic carbocycles. The van der Waals surface area contributed by atoms with Gasteiger partial charge in [0.2, 0.25) is 0 Å². The molecule has 0 aliphatic heterocycles. The number of carbonyl (C=O) groups is 1. The molecule has 3 atom stereocenters. The van der Waals surface area contributed by atoms with Gasteiger partial charge in [-0.05, 0) is 32.3 Å². The quantitative estimate of drug-likeness (QED) is 0.304. The van der Waals surface area contributed by atoms with Gasteiger partial charge in [-0.15, -0.1) is 0 Å². The van der Waals surface area contributed by atoms with Crippen molar-refractivity contribution < 1.29 is 23.7 Å². The zero-order chi connectivity index (χ0) is 18.7. The Labute approximate surface area is 151 Å². The number of rotatable bonds is 7. The van der Waals surface area contributed by atoms with Gasteiger partial charge in [0.25, 0.3) is 0 Å². The highest BCUT2D eigenvalue weighted by Gasteiger charge is 2.58. The summed E-state index contributed by atoms with van der Waals surface area (Å²) in [5.41, 5.74) is 1.64. The average molecular weight is 352 g/mol. The van der Waals surface area contributed by atoms with Crippen LogP contribution in [0.2, 0.25) is 0 Å². The van der Waals surface area contributed by atoms with Gasteiger partial charge in [0.05, 0.1) is 31.8 Å². The molecule has 0 aromatic rings. The van der Waals surface area contributed by atoms with Crippen LogP contribution in [0.4, 0.5) is 0 Å². The van der Waals surface area contributed by atoms with Gasteiger partial charge in [0.15, 0.2) is 0 Å². The summed E-state index contributed by atoms with van der Waals surface area (Å²) in [5, 5.41) is 0. The lowest BCUT2D eigenvalue weighted by molar-refractivity contribution is -0.175. The van der Waals surface area contributed by atoms with E-state index in [1.165, 1.54) is 12.7 Å². The van der Waals surface area contributed by atoms with Crippen molar-refractivity contribution in [2.24, 2.45) is 16.7 Å². The molecule has 2 aliphatic rings. The van der Waals surface area contributed by atoms with Crippen molar-refractivity contribution in [3.63, 3.8) is 0 Å². The largest absolute Gasteiger partial charge is 0.468 e. The van der Waals surface area contributed by atoms with E-state index in [9.17, 15) is 4.79 Å². The number of allylic oxidation sites excluding steroid dienone is 3. The molecule has 1 fully saturated rings. The maximum absolute atomic E-state index is 12.8. The van der Waals surface area contributed by atoms with Crippen molar-refractivity contribution in [2.45, 2.75) is 46.6 Å². The SMILES string of the molecule is C/C=C1\[C@H]2C=C(C)C[C@]1(C(=O)OC)C[C@@H](OCOCCOC)C2(C)C. The van der Waals surface area contributed by atoms with Crippen LogP contribution >= 0.6 is 0 Å². The van der Waals surface area contributed by atoms with Crippen molar-refractivity contribution in [1.82, 2.24) is 0 Å². The predicted octanol–water partition coefficient (Wildman–Crippen LogP) is 3.49. The van der Waals surface area contributed by atoms with Crippen LogP contribution in [0.15, 0.2) is 23.3 Å². The summed E-state index contributed by atoms with van der Waals surface area (Å²) < 4.78 is 21.8. The molecule has 142 valence electrons. The van der Waals surface area contributed by atoms with E-state index in [-0.39, 0.29) is 30.2 Å². The summed E-state index contributed by atoms with van der Waals surface area (Å²) in [6.07, 6.45) is 5.60. The molecule has 0 spiro atoms. The molecule has 25 heavy (non-hydrogen) atoms. The van der Waals surface area contributed by atoms with Crippen LogP contribution in [0.25, 0.3) is 0 Å². The van der Waals surface area contributed by atoms with Crippen molar-refractivity contribution in [1.29, 1.82) is 0 Å². The second kappa shape index (κ2) is 8.02. The monoisotopic (exact) mass is 352 g/mol.